The fourth-order valence-corrected chi connectivity index (χ4v) is 2.39. The molecule has 2 rings (SSSR count). The molecule has 112 valence electrons. The Kier molecular flexibility index (Phi) is 5.26. The first-order valence-electron chi connectivity index (χ1n) is 6.70. The molecule has 0 aliphatic rings. The van der Waals surface area contributed by atoms with E-state index < -0.39 is 6.10 Å². The SMILES string of the molecule is CCCn1ncc(Cl)c1C(=O)C(C)Oc1cccc(Cl)c1. The van der Waals surface area contributed by atoms with E-state index in [1.54, 1.807) is 35.9 Å². The summed E-state index contributed by atoms with van der Waals surface area (Å²) in [5.74, 6) is 0.340. The third-order valence-electron chi connectivity index (χ3n) is 2.94. The van der Waals surface area contributed by atoms with Crippen LogP contribution in [-0.4, -0.2) is 21.7 Å². The lowest BCUT2D eigenvalue weighted by atomic mass is 10.2. The van der Waals surface area contributed by atoms with Crippen LogP contribution in [-0.2, 0) is 6.54 Å². The monoisotopic (exact) mass is 326 g/mol. The molecule has 1 heterocycles. The van der Waals surface area contributed by atoms with Crippen LogP contribution < -0.4 is 4.74 Å². The van der Waals surface area contributed by atoms with Crippen molar-refractivity contribution in [3.8, 4) is 5.75 Å². The number of aryl methyl sites for hydroxylation is 1. The van der Waals surface area contributed by atoms with Crippen LogP contribution in [0.2, 0.25) is 10.0 Å². The fraction of sp³-hybridized carbons (Fsp3) is 0.333. The van der Waals surface area contributed by atoms with Crippen LogP contribution in [0.4, 0.5) is 0 Å². The number of ketones is 1. The number of rotatable bonds is 6. The first-order valence-corrected chi connectivity index (χ1v) is 7.46. The molecule has 0 fully saturated rings. The van der Waals surface area contributed by atoms with Gasteiger partial charge in [-0.15, -0.1) is 0 Å². The van der Waals surface area contributed by atoms with E-state index in [1.165, 1.54) is 6.20 Å². The second kappa shape index (κ2) is 6.96. The zero-order valence-corrected chi connectivity index (χ0v) is 13.4. The topological polar surface area (TPSA) is 44.1 Å². The van der Waals surface area contributed by atoms with E-state index in [2.05, 4.69) is 5.10 Å². The maximum Gasteiger partial charge on any atom is 0.222 e. The summed E-state index contributed by atoms with van der Waals surface area (Å²) in [5.41, 5.74) is 0.382. The van der Waals surface area contributed by atoms with Gasteiger partial charge in [0.05, 0.1) is 11.2 Å². The molecular formula is C15H16Cl2N2O2. The number of hydrogen-bond donors (Lipinski definition) is 0. The minimum atomic E-state index is -0.673. The predicted octanol–water partition coefficient (Wildman–Crippen LogP) is 4.25. The maximum atomic E-state index is 12.5. The molecule has 0 amide bonds. The highest BCUT2D eigenvalue weighted by molar-refractivity contribution is 6.33. The highest BCUT2D eigenvalue weighted by Crippen LogP contribution is 2.22. The number of ether oxygens (including phenoxy) is 1. The van der Waals surface area contributed by atoms with Gasteiger partial charge in [-0.25, -0.2) is 0 Å². The largest absolute Gasteiger partial charge is 0.482 e. The molecule has 21 heavy (non-hydrogen) atoms. The van der Waals surface area contributed by atoms with Crippen molar-refractivity contribution in [3.63, 3.8) is 0 Å². The quantitative estimate of drug-likeness (QED) is 0.745. The molecule has 2 aromatic rings. The van der Waals surface area contributed by atoms with Gasteiger partial charge in [-0.1, -0.05) is 36.2 Å². The van der Waals surface area contributed by atoms with Crippen LogP contribution in [0, 0.1) is 0 Å². The number of halogens is 2. The molecule has 1 aromatic carbocycles. The molecule has 0 radical (unpaired) electrons. The van der Waals surface area contributed by atoms with Crippen LogP contribution in [0.15, 0.2) is 30.5 Å². The molecule has 1 aromatic heterocycles. The summed E-state index contributed by atoms with van der Waals surface area (Å²) in [4.78, 5) is 12.5. The van der Waals surface area contributed by atoms with E-state index in [4.69, 9.17) is 27.9 Å². The molecule has 4 nitrogen and oxygen atoms in total. The average molecular weight is 327 g/mol. The summed E-state index contributed by atoms with van der Waals surface area (Å²) in [6, 6.07) is 6.92. The van der Waals surface area contributed by atoms with E-state index in [-0.39, 0.29) is 5.78 Å². The van der Waals surface area contributed by atoms with E-state index >= 15 is 0 Å². The lowest BCUT2D eigenvalue weighted by molar-refractivity contribution is 0.0806. The predicted molar refractivity (Wildman–Crippen MR) is 83.4 cm³/mol. The molecule has 0 saturated heterocycles. The van der Waals surface area contributed by atoms with Gasteiger partial charge in [0.15, 0.2) is 6.10 Å². The van der Waals surface area contributed by atoms with Crippen molar-refractivity contribution in [1.29, 1.82) is 0 Å². The standard InChI is InChI=1S/C15H16Cl2N2O2/c1-3-7-19-14(13(17)9-18-19)15(20)10(2)21-12-6-4-5-11(16)8-12/h4-6,8-10H,3,7H2,1-2H3. The summed E-state index contributed by atoms with van der Waals surface area (Å²) in [6.07, 6.45) is 1.67. The normalized spacial score (nSPS) is 12.2. The van der Waals surface area contributed by atoms with Crippen LogP contribution in [0.1, 0.15) is 30.8 Å². The van der Waals surface area contributed by atoms with Crippen LogP contribution >= 0.6 is 23.2 Å². The van der Waals surface area contributed by atoms with Crippen molar-refractivity contribution < 1.29 is 9.53 Å². The number of carbonyl (C=O) groups is 1. The number of hydrogen-bond acceptors (Lipinski definition) is 3. The van der Waals surface area contributed by atoms with Crippen molar-refractivity contribution in [2.75, 3.05) is 0 Å². The Morgan fingerprint density at radius 2 is 2.19 bits per heavy atom. The number of benzene rings is 1. The van der Waals surface area contributed by atoms with Gasteiger partial charge in [0.1, 0.15) is 11.4 Å². The number of aromatic nitrogens is 2. The molecule has 1 unspecified atom stereocenters. The summed E-state index contributed by atoms with van der Waals surface area (Å²) in [5, 5.41) is 5.02. The Bertz CT molecular complexity index is 640. The summed E-state index contributed by atoms with van der Waals surface area (Å²) in [7, 11) is 0. The van der Waals surface area contributed by atoms with Gasteiger partial charge in [0, 0.05) is 11.6 Å². The Hall–Kier alpha value is -1.52. The van der Waals surface area contributed by atoms with Crippen LogP contribution in [0.25, 0.3) is 0 Å². The second-order valence-corrected chi connectivity index (χ2v) is 5.49. The van der Waals surface area contributed by atoms with Crippen molar-refractivity contribution in [1.82, 2.24) is 9.78 Å². The number of carbonyl (C=O) groups excluding carboxylic acids is 1. The third kappa shape index (κ3) is 3.77. The maximum absolute atomic E-state index is 12.5. The lowest BCUT2D eigenvalue weighted by Crippen LogP contribution is -2.27. The lowest BCUT2D eigenvalue weighted by Gasteiger charge is -2.15. The number of nitrogens with zero attached hydrogens (tertiary/aromatic N) is 2. The van der Waals surface area contributed by atoms with Gasteiger partial charge in [0.2, 0.25) is 5.78 Å². The molecule has 0 N–H and O–H groups in total. The van der Waals surface area contributed by atoms with E-state index in [0.29, 0.717) is 28.0 Å². The van der Waals surface area contributed by atoms with Crippen molar-refractivity contribution in [2.24, 2.45) is 0 Å². The summed E-state index contributed by atoms with van der Waals surface area (Å²) in [6.45, 7) is 4.33. The van der Waals surface area contributed by atoms with Crippen LogP contribution in [0.3, 0.4) is 0 Å². The highest BCUT2D eigenvalue weighted by atomic mass is 35.5. The molecular weight excluding hydrogens is 311 g/mol. The van der Waals surface area contributed by atoms with Crippen molar-refractivity contribution in [3.05, 3.63) is 46.2 Å². The third-order valence-corrected chi connectivity index (χ3v) is 3.45. The van der Waals surface area contributed by atoms with Crippen LogP contribution in [0.5, 0.6) is 5.75 Å². The van der Waals surface area contributed by atoms with E-state index in [0.717, 1.165) is 6.42 Å². The van der Waals surface area contributed by atoms with Gasteiger partial charge in [0.25, 0.3) is 0 Å². The van der Waals surface area contributed by atoms with Gasteiger partial charge < -0.3 is 4.74 Å². The second-order valence-electron chi connectivity index (χ2n) is 4.65. The van der Waals surface area contributed by atoms with Gasteiger partial charge >= 0.3 is 0 Å². The summed E-state index contributed by atoms with van der Waals surface area (Å²) < 4.78 is 7.25. The minimum absolute atomic E-state index is 0.203. The van der Waals surface area contributed by atoms with E-state index in [9.17, 15) is 4.79 Å². The molecule has 0 aliphatic carbocycles. The van der Waals surface area contributed by atoms with E-state index in [1.807, 2.05) is 6.92 Å². The zero-order valence-electron chi connectivity index (χ0n) is 11.8. The Labute approximate surface area is 133 Å². The average Bonchev–Trinajstić information content (AvgIpc) is 2.79. The minimum Gasteiger partial charge on any atom is -0.482 e. The Balaban J connectivity index is 2.17. The van der Waals surface area contributed by atoms with Gasteiger partial charge in [-0.3, -0.25) is 9.48 Å². The van der Waals surface area contributed by atoms with Crippen molar-refractivity contribution >= 4 is 29.0 Å². The molecule has 6 heteroatoms. The number of Topliss-reactive ketones (excluding diaryl/α,β-unsaturated/α-hetero) is 1. The first-order chi connectivity index (χ1) is 10.0. The highest BCUT2D eigenvalue weighted by Gasteiger charge is 2.24. The summed E-state index contributed by atoms with van der Waals surface area (Å²) >= 11 is 12.0. The fourth-order valence-electron chi connectivity index (χ4n) is 1.98. The molecule has 1 atom stereocenters. The molecule has 0 bridgehead atoms. The van der Waals surface area contributed by atoms with Gasteiger partial charge in [-0.2, -0.15) is 5.10 Å². The molecule has 0 saturated carbocycles. The van der Waals surface area contributed by atoms with Gasteiger partial charge in [-0.05, 0) is 31.5 Å². The molecule has 0 aliphatic heterocycles. The Morgan fingerprint density at radius 3 is 2.86 bits per heavy atom. The first kappa shape index (κ1) is 15.9. The van der Waals surface area contributed by atoms with Crippen molar-refractivity contribution in [2.45, 2.75) is 32.9 Å². The Morgan fingerprint density at radius 1 is 1.43 bits per heavy atom. The molecule has 0 spiro atoms. The smallest absolute Gasteiger partial charge is 0.222 e. The zero-order chi connectivity index (χ0) is 15.4.